The van der Waals surface area contributed by atoms with Crippen LogP contribution in [0.4, 0.5) is 11.4 Å². The molecule has 0 aliphatic heterocycles. The summed E-state index contributed by atoms with van der Waals surface area (Å²) in [6.45, 7) is 8.09. The van der Waals surface area contributed by atoms with Crippen molar-refractivity contribution < 1.29 is 13.3 Å². The molecule has 0 aliphatic rings. The van der Waals surface area contributed by atoms with Gasteiger partial charge in [-0.1, -0.05) is 27.7 Å². The zero-order valence-corrected chi connectivity index (χ0v) is 14.9. The fourth-order valence-corrected chi connectivity index (χ4v) is 3.85. The molecule has 130 valence electrons. The van der Waals surface area contributed by atoms with Crippen LogP contribution < -0.4 is 5.32 Å². The van der Waals surface area contributed by atoms with Gasteiger partial charge in [0, 0.05) is 25.2 Å². The number of nitro benzene ring substituents is 1. The fourth-order valence-electron chi connectivity index (χ4n) is 2.37. The monoisotopic (exact) mass is 343 g/mol. The number of nitrogens with one attached hydrogen (secondary N) is 1. The van der Waals surface area contributed by atoms with Crippen molar-refractivity contribution in [2.24, 2.45) is 0 Å². The first kappa shape index (κ1) is 19.4. The van der Waals surface area contributed by atoms with Crippen molar-refractivity contribution in [2.75, 3.05) is 18.4 Å². The van der Waals surface area contributed by atoms with E-state index in [0.717, 1.165) is 18.9 Å². The van der Waals surface area contributed by atoms with E-state index in [1.807, 2.05) is 13.8 Å². The maximum absolute atomic E-state index is 12.5. The van der Waals surface area contributed by atoms with Crippen molar-refractivity contribution >= 4 is 21.4 Å². The molecule has 0 heterocycles. The molecule has 7 nitrogen and oxygen atoms in total. The third kappa shape index (κ3) is 4.42. The summed E-state index contributed by atoms with van der Waals surface area (Å²) in [6.07, 6.45) is 1.65. The molecule has 0 fully saturated rings. The second-order valence-corrected chi connectivity index (χ2v) is 7.12. The molecule has 0 radical (unpaired) electrons. The second kappa shape index (κ2) is 8.26. The normalized spacial score (nSPS) is 11.9. The van der Waals surface area contributed by atoms with Gasteiger partial charge in [0.25, 0.3) is 5.69 Å². The summed E-state index contributed by atoms with van der Waals surface area (Å²) in [5.74, 6) is 0. The molecule has 0 aliphatic carbocycles. The number of benzene rings is 1. The topological polar surface area (TPSA) is 92.6 Å². The third-order valence-corrected chi connectivity index (χ3v) is 5.90. The fraction of sp³-hybridized carbons (Fsp3) is 0.600. The second-order valence-electron chi connectivity index (χ2n) is 5.18. The van der Waals surface area contributed by atoms with Crippen molar-refractivity contribution in [3.63, 3.8) is 0 Å². The highest BCUT2D eigenvalue weighted by Gasteiger charge is 2.26. The summed E-state index contributed by atoms with van der Waals surface area (Å²) in [5.41, 5.74) is 0.132. The van der Waals surface area contributed by atoms with Gasteiger partial charge in [-0.3, -0.25) is 10.1 Å². The minimum absolute atomic E-state index is 0.0528. The number of nitrogens with zero attached hydrogens (tertiary/aromatic N) is 2. The first-order valence-corrected chi connectivity index (χ1v) is 9.30. The number of nitro groups is 1. The average Bonchev–Trinajstić information content (AvgIpc) is 2.53. The molecule has 1 aromatic rings. The summed E-state index contributed by atoms with van der Waals surface area (Å²) in [5, 5.41) is 14.4. The van der Waals surface area contributed by atoms with Gasteiger partial charge >= 0.3 is 0 Å². The number of hydrogen-bond acceptors (Lipinski definition) is 5. The molecule has 0 saturated carbocycles. The molecule has 1 aromatic carbocycles. The van der Waals surface area contributed by atoms with Crippen LogP contribution in [0.5, 0.6) is 0 Å². The molecule has 1 rings (SSSR count). The highest BCUT2D eigenvalue weighted by atomic mass is 32.2. The Balaban J connectivity index is 3.31. The molecule has 8 heteroatoms. The van der Waals surface area contributed by atoms with Crippen molar-refractivity contribution in [3.05, 3.63) is 28.3 Å². The molecule has 0 unspecified atom stereocenters. The van der Waals surface area contributed by atoms with Crippen molar-refractivity contribution in [2.45, 2.75) is 51.5 Å². The standard InChI is InChI=1S/C15H25N3O4S/c1-5-12(6-2)16-14-10-9-13(11-15(14)18(19)20)23(21,22)17(7-3)8-4/h9-12,16H,5-8H2,1-4H3. The largest absolute Gasteiger partial charge is 0.377 e. The van der Waals surface area contributed by atoms with Crippen LogP contribution >= 0.6 is 0 Å². The van der Waals surface area contributed by atoms with Gasteiger partial charge in [0.1, 0.15) is 5.69 Å². The summed E-state index contributed by atoms with van der Waals surface area (Å²) < 4.78 is 26.3. The first-order chi connectivity index (χ1) is 10.8. The van der Waals surface area contributed by atoms with E-state index in [-0.39, 0.29) is 16.6 Å². The van der Waals surface area contributed by atoms with Gasteiger partial charge in [-0.2, -0.15) is 4.31 Å². The molecule has 23 heavy (non-hydrogen) atoms. The predicted molar refractivity (Wildman–Crippen MR) is 91.2 cm³/mol. The Labute approximate surface area is 137 Å². The predicted octanol–water partition coefficient (Wildman–Crippen LogP) is 3.23. The van der Waals surface area contributed by atoms with Crippen molar-refractivity contribution in [1.29, 1.82) is 0 Å². The van der Waals surface area contributed by atoms with Crippen LogP contribution in [0.15, 0.2) is 23.1 Å². The minimum Gasteiger partial charge on any atom is -0.377 e. The molecule has 0 saturated heterocycles. The van der Waals surface area contributed by atoms with E-state index in [2.05, 4.69) is 5.32 Å². The third-order valence-electron chi connectivity index (χ3n) is 3.85. The van der Waals surface area contributed by atoms with Crippen molar-refractivity contribution in [3.8, 4) is 0 Å². The molecule has 0 atom stereocenters. The van der Waals surface area contributed by atoms with E-state index >= 15 is 0 Å². The van der Waals surface area contributed by atoms with Crippen LogP contribution in [0.1, 0.15) is 40.5 Å². The molecular weight excluding hydrogens is 318 g/mol. The molecule has 0 bridgehead atoms. The van der Waals surface area contributed by atoms with E-state index < -0.39 is 14.9 Å². The van der Waals surface area contributed by atoms with Gasteiger partial charge in [-0.05, 0) is 25.0 Å². The summed E-state index contributed by atoms with van der Waals surface area (Å²) in [7, 11) is -3.71. The zero-order valence-electron chi connectivity index (χ0n) is 14.1. The number of anilines is 1. The Hall–Kier alpha value is -1.67. The Kier molecular flexibility index (Phi) is 6.96. The van der Waals surface area contributed by atoms with Gasteiger partial charge in [0.2, 0.25) is 10.0 Å². The summed E-state index contributed by atoms with van der Waals surface area (Å²) >= 11 is 0. The SMILES string of the molecule is CCC(CC)Nc1ccc(S(=O)(=O)N(CC)CC)cc1[N+](=O)[O-]. The van der Waals surface area contributed by atoms with Crippen LogP contribution in [0.25, 0.3) is 0 Å². The van der Waals surface area contributed by atoms with Gasteiger partial charge in [-0.25, -0.2) is 8.42 Å². The summed E-state index contributed by atoms with van der Waals surface area (Å²) in [6, 6.07) is 4.15. The summed E-state index contributed by atoms with van der Waals surface area (Å²) in [4.78, 5) is 10.7. The Morgan fingerprint density at radius 1 is 1.17 bits per heavy atom. The lowest BCUT2D eigenvalue weighted by Gasteiger charge is -2.20. The van der Waals surface area contributed by atoms with Crippen LogP contribution in [0.2, 0.25) is 0 Å². The van der Waals surface area contributed by atoms with E-state index in [0.29, 0.717) is 18.8 Å². The zero-order chi connectivity index (χ0) is 17.6. The molecule has 0 aromatic heterocycles. The molecule has 1 N–H and O–H groups in total. The van der Waals surface area contributed by atoms with Crippen LogP contribution in [0.3, 0.4) is 0 Å². The number of rotatable bonds is 9. The quantitative estimate of drug-likeness (QED) is 0.549. The lowest BCUT2D eigenvalue weighted by molar-refractivity contribution is -0.384. The average molecular weight is 343 g/mol. The molecule has 0 amide bonds. The van der Waals surface area contributed by atoms with Gasteiger partial charge < -0.3 is 5.32 Å². The Morgan fingerprint density at radius 2 is 1.74 bits per heavy atom. The lowest BCUT2D eigenvalue weighted by atomic mass is 10.1. The van der Waals surface area contributed by atoms with Gasteiger partial charge in [-0.15, -0.1) is 0 Å². The maximum atomic E-state index is 12.5. The Morgan fingerprint density at radius 3 is 2.17 bits per heavy atom. The first-order valence-electron chi connectivity index (χ1n) is 7.86. The van der Waals surface area contributed by atoms with Crippen LogP contribution in [-0.2, 0) is 10.0 Å². The highest BCUT2D eigenvalue weighted by molar-refractivity contribution is 7.89. The molecular formula is C15H25N3O4S. The van der Waals surface area contributed by atoms with E-state index in [9.17, 15) is 18.5 Å². The van der Waals surface area contributed by atoms with Crippen molar-refractivity contribution in [1.82, 2.24) is 4.31 Å². The van der Waals surface area contributed by atoms with E-state index in [1.165, 1.54) is 16.4 Å². The van der Waals surface area contributed by atoms with Crippen LogP contribution in [0, 0.1) is 10.1 Å². The van der Waals surface area contributed by atoms with E-state index in [4.69, 9.17) is 0 Å². The molecule has 0 spiro atoms. The van der Waals surface area contributed by atoms with Gasteiger partial charge in [0.05, 0.1) is 9.82 Å². The number of sulfonamides is 1. The van der Waals surface area contributed by atoms with E-state index in [1.54, 1.807) is 13.8 Å². The van der Waals surface area contributed by atoms with Gasteiger partial charge in [0.15, 0.2) is 0 Å². The number of hydrogen-bond donors (Lipinski definition) is 1. The smallest absolute Gasteiger partial charge is 0.293 e. The Bertz CT molecular complexity index is 638. The highest BCUT2D eigenvalue weighted by Crippen LogP contribution is 2.30. The lowest BCUT2D eigenvalue weighted by Crippen LogP contribution is -2.30. The minimum atomic E-state index is -3.71. The van der Waals surface area contributed by atoms with Crippen LogP contribution in [-0.4, -0.2) is 36.8 Å². The maximum Gasteiger partial charge on any atom is 0.293 e.